The second-order valence-electron chi connectivity index (χ2n) is 8.04. The lowest BCUT2D eigenvalue weighted by Crippen LogP contribution is -2.40. The Kier molecular flexibility index (Phi) is 7.65. The summed E-state index contributed by atoms with van der Waals surface area (Å²) in [5.41, 5.74) is 1.77. The molecule has 2 aromatic carbocycles. The summed E-state index contributed by atoms with van der Waals surface area (Å²) < 4.78 is 5.73. The van der Waals surface area contributed by atoms with Gasteiger partial charge in [-0.05, 0) is 82.6 Å². The maximum Gasteiger partial charge on any atom is 0.251 e. The van der Waals surface area contributed by atoms with Crippen LogP contribution in [0.5, 0.6) is 5.75 Å². The van der Waals surface area contributed by atoms with Gasteiger partial charge in [0.05, 0.1) is 12.6 Å². The lowest BCUT2D eigenvalue weighted by Gasteiger charge is -2.20. The number of nitrogens with one attached hydrogen (secondary N) is 3. The number of carbonyl (C=O) groups excluding carboxylic acids is 2. The first-order valence-electron chi connectivity index (χ1n) is 9.89. The maximum absolute atomic E-state index is 12.2. The van der Waals surface area contributed by atoms with Crippen LogP contribution < -0.4 is 20.7 Å². The van der Waals surface area contributed by atoms with Gasteiger partial charge in [-0.25, -0.2) is 0 Å². The molecule has 2 aromatic rings. The van der Waals surface area contributed by atoms with E-state index in [0.29, 0.717) is 11.3 Å². The van der Waals surface area contributed by atoms with E-state index in [1.807, 2.05) is 52.0 Å². The Hall–Kier alpha value is -3.02. The highest BCUT2D eigenvalue weighted by molar-refractivity contribution is 5.95. The van der Waals surface area contributed by atoms with Gasteiger partial charge in [0.2, 0.25) is 5.91 Å². The SMILES string of the molecule is CCC(C)Oc1ccc(NC(=O)CNc2ccc(C(=O)NC(C)(C)C)cc2)cc1. The van der Waals surface area contributed by atoms with E-state index >= 15 is 0 Å². The minimum absolute atomic E-state index is 0.123. The van der Waals surface area contributed by atoms with E-state index < -0.39 is 0 Å². The predicted octanol–water partition coefficient (Wildman–Crippen LogP) is 4.44. The standard InChI is InChI=1S/C23H31N3O3/c1-6-16(2)29-20-13-11-19(12-14-20)25-21(27)15-24-18-9-7-17(8-10-18)22(28)26-23(3,4)5/h7-14,16,24H,6,15H2,1-5H3,(H,25,27)(H,26,28). The molecule has 0 bridgehead atoms. The van der Waals surface area contributed by atoms with Crippen LogP contribution in [0.3, 0.4) is 0 Å². The third kappa shape index (κ3) is 7.86. The molecule has 0 aromatic heterocycles. The smallest absolute Gasteiger partial charge is 0.251 e. The number of anilines is 2. The molecular weight excluding hydrogens is 366 g/mol. The van der Waals surface area contributed by atoms with Crippen molar-refractivity contribution in [1.82, 2.24) is 5.32 Å². The van der Waals surface area contributed by atoms with E-state index in [0.717, 1.165) is 17.9 Å². The second-order valence-corrected chi connectivity index (χ2v) is 8.04. The summed E-state index contributed by atoms with van der Waals surface area (Å²) >= 11 is 0. The van der Waals surface area contributed by atoms with Crippen molar-refractivity contribution in [2.24, 2.45) is 0 Å². The molecule has 0 fully saturated rings. The highest BCUT2D eigenvalue weighted by atomic mass is 16.5. The van der Waals surface area contributed by atoms with Gasteiger partial charge < -0.3 is 20.7 Å². The van der Waals surface area contributed by atoms with Gasteiger partial charge in [-0.2, -0.15) is 0 Å². The Labute approximate surface area is 173 Å². The van der Waals surface area contributed by atoms with Crippen LogP contribution in [0.25, 0.3) is 0 Å². The fourth-order valence-electron chi connectivity index (χ4n) is 2.47. The molecule has 0 spiro atoms. The van der Waals surface area contributed by atoms with Crippen LogP contribution in [0.2, 0.25) is 0 Å². The molecule has 0 saturated heterocycles. The van der Waals surface area contributed by atoms with Gasteiger partial charge in [-0.3, -0.25) is 9.59 Å². The van der Waals surface area contributed by atoms with Crippen LogP contribution in [-0.2, 0) is 4.79 Å². The summed E-state index contributed by atoms with van der Waals surface area (Å²) in [6.45, 7) is 10.0. The van der Waals surface area contributed by atoms with Crippen molar-refractivity contribution >= 4 is 23.2 Å². The second kappa shape index (κ2) is 9.96. The molecule has 3 N–H and O–H groups in total. The molecule has 156 valence electrons. The summed E-state index contributed by atoms with van der Waals surface area (Å²) in [7, 11) is 0. The zero-order valence-electron chi connectivity index (χ0n) is 17.8. The number of benzene rings is 2. The summed E-state index contributed by atoms with van der Waals surface area (Å²) in [6, 6.07) is 14.4. The number of hydrogen-bond donors (Lipinski definition) is 3. The Morgan fingerprint density at radius 2 is 1.55 bits per heavy atom. The van der Waals surface area contributed by atoms with E-state index in [1.54, 1.807) is 24.3 Å². The summed E-state index contributed by atoms with van der Waals surface area (Å²) in [4.78, 5) is 24.3. The molecule has 0 radical (unpaired) electrons. The number of hydrogen-bond acceptors (Lipinski definition) is 4. The molecule has 1 unspecified atom stereocenters. The minimum atomic E-state index is -0.287. The Morgan fingerprint density at radius 3 is 2.10 bits per heavy atom. The predicted molar refractivity (Wildman–Crippen MR) is 118 cm³/mol. The fourth-order valence-corrected chi connectivity index (χ4v) is 2.47. The van der Waals surface area contributed by atoms with E-state index in [1.165, 1.54) is 0 Å². The van der Waals surface area contributed by atoms with Crippen molar-refractivity contribution < 1.29 is 14.3 Å². The Morgan fingerprint density at radius 1 is 0.966 bits per heavy atom. The first kappa shape index (κ1) is 22.3. The molecule has 0 aliphatic carbocycles. The van der Waals surface area contributed by atoms with Crippen molar-refractivity contribution in [3.8, 4) is 5.75 Å². The van der Waals surface area contributed by atoms with Gasteiger partial charge >= 0.3 is 0 Å². The molecule has 0 saturated carbocycles. The van der Waals surface area contributed by atoms with Crippen LogP contribution >= 0.6 is 0 Å². The van der Waals surface area contributed by atoms with Gasteiger partial charge in [-0.15, -0.1) is 0 Å². The lowest BCUT2D eigenvalue weighted by molar-refractivity contribution is -0.114. The molecule has 0 aliphatic rings. The van der Waals surface area contributed by atoms with Gasteiger partial charge in [0, 0.05) is 22.5 Å². The van der Waals surface area contributed by atoms with Gasteiger partial charge in [0.15, 0.2) is 0 Å². The van der Waals surface area contributed by atoms with Crippen molar-refractivity contribution in [3.05, 3.63) is 54.1 Å². The molecule has 0 heterocycles. The average Bonchev–Trinajstić information content (AvgIpc) is 2.67. The van der Waals surface area contributed by atoms with Crippen LogP contribution in [0.15, 0.2) is 48.5 Å². The van der Waals surface area contributed by atoms with E-state index in [9.17, 15) is 9.59 Å². The molecule has 6 nitrogen and oxygen atoms in total. The van der Waals surface area contributed by atoms with E-state index in [4.69, 9.17) is 4.74 Å². The lowest BCUT2D eigenvalue weighted by atomic mass is 10.1. The van der Waals surface area contributed by atoms with Crippen molar-refractivity contribution in [3.63, 3.8) is 0 Å². The molecule has 2 amide bonds. The monoisotopic (exact) mass is 397 g/mol. The van der Waals surface area contributed by atoms with Crippen molar-refractivity contribution in [2.75, 3.05) is 17.2 Å². The van der Waals surface area contributed by atoms with Gasteiger partial charge in [-0.1, -0.05) is 6.92 Å². The first-order valence-corrected chi connectivity index (χ1v) is 9.89. The molecule has 29 heavy (non-hydrogen) atoms. The largest absolute Gasteiger partial charge is 0.491 e. The molecule has 1 atom stereocenters. The number of carbonyl (C=O) groups is 2. The van der Waals surface area contributed by atoms with Crippen LogP contribution in [-0.4, -0.2) is 30.0 Å². The number of ether oxygens (including phenoxy) is 1. The fraction of sp³-hybridized carbons (Fsp3) is 0.391. The highest BCUT2D eigenvalue weighted by Gasteiger charge is 2.15. The first-order chi connectivity index (χ1) is 13.7. The summed E-state index contributed by atoms with van der Waals surface area (Å²) in [5, 5.41) is 8.81. The topological polar surface area (TPSA) is 79.5 Å². The van der Waals surface area contributed by atoms with Crippen LogP contribution in [0.4, 0.5) is 11.4 Å². The zero-order valence-corrected chi connectivity index (χ0v) is 17.8. The van der Waals surface area contributed by atoms with Crippen LogP contribution in [0.1, 0.15) is 51.4 Å². The van der Waals surface area contributed by atoms with E-state index in [-0.39, 0.29) is 30.0 Å². The zero-order chi connectivity index (χ0) is 21.4. The highest BCUT2D eigenvalue weighted by Crippen LogP contribution is 2.18. The molecule has 0 aliphatic heterocycles. The maximum atomic E-state index is 12.2. The molecule has 6 heteroatoms. The third-order valence-corrected chi connectivity index (χ3v) is 4.14. The molecular formula is C23H31N3O3. The average molecular weight is 398 g/mol. The Balaban J connectivity index is 1.82. The van der Waals surface area contributed by atoms with Crippen molar-refractivity contribution in [2.45, 2.75) is 52.7 Å². The normalized spacial score (nSPS) is 12.0. The third-order valence-electron chi connectivity index (χ3n) is 4.14. The summed E-state index contributed by atoms with van der Waals surface area (Å²) in [5.74, 6) is 0.503. The number of rotatable bonds is 8. The van der Waals surface area contributed by atoms with Crippen molar-refractivity contribution in [1.29, 1.82) is 0 Å². The quantitative estimate of drug-likeness (QED) is 0.615. The minimum Gasteiger partial charge on any atom is -0.491 e. The van der Waals surface area contributed by atoms with Gasteiger partial charge in [0.25, 0.3) is 5.91 Å². The summed E-state index contributed by atoms with van der Waals surface area (Å²) in [6.07, 6.45) is 1.09. The van der Waals surface area contributed by atoms with Crippen LogP contribution in [0, 0.1) is 0 Å². The molecule has 2 rings (SSSR count). The van der Waals surface area contributed by atoms with E-state index in [2.05, 4.69) is 22.9 Å². The van der Waals surface area contributed by atoms with Gasteiger partial charge in [0.1, 0.15) is 5.75 Å². The number of amides is 2. The Bertz CT molecular complexity index is 809.